The van der Waals surface area contributed by atoms with E-state index in [1.54, 1.807) is 6.07 Å². The van der Waals surface area contributed by atoms with Gasteiger partial charge in [-0.15, -0.1) is 0 Å². The summed E-state index contributed by atoms with van der Waals surface area (Å²) in [4.78, 5) is 8.96. The number of piperazine rings is 1. The maximum atomic E-state index is 13.4. The molecule has 1 aliphatic rings. The third-order valence-corrected chi connectivity index (χ3v) is 3.73. The predicted octanol–water partition coefficient (Wildman–Crippen LogP) is 2.13. The van der Waals surface area contributed by atoms with Crippen LogP contribution in [0.3, 0.4) is 0 Å². The van der Waals surface area contributed by atoms with Crippen LogP contribution in [0.25, 0.3) is 0 Å². The third-order valence-electron chi connectivity index (χ3n) is 3.73. The molecular formula is C16H19FN4. The number of benzene rings is 1. The molecule has 0 atom stereocenters. The fraction of sp³-hybridized carbons (Fsp3) is 0.312. The van der Waals surface area contributed by atoms with E-state index in [1.807, 2.05) is 30.5 Å². The Bertz CT molecular complexity index is 574. The molecule has 0 spiro atoms. The lowest BCUT2D eigenvalue weighted by atomic mass is 10.1. The lowest BCUT2D eigenvalue weighted by Crippen LogP contribution is -2.46. The molecule has 1 aromatic heterocycles. The van der Waals surface area contributed by atoms with Gasteiger partial charge < -0.3 is 10.6 Å². The molecule has 1 fully saturated rings. The van der Waals surface area contributed by atoms with Gasteiger partial charge in [-0.1, -0.05) is 6.07 Å². The van der Waals surface area contributed by atoms with Crippen molar-refractivity contribution in [2.24, 2.45) is 0 Å². The molecule has 0 radical (unpaired) electrons. The first kappa shape index (κ1) is 13.8. The Morgan fingerprint density at radius 2 is 1.90 bits per heavy atom. The first-order valence-corrected chi connectivity index (χ1v) is 7.14. The number of halogens is 1. The molecular weight excluding hydrogens is 267 g/mol. The summed E-state index contributed by atoms with van der Waals surface area (Å²) in [5.74, 6) is 0.754. The molecule has 5 heteroatoms. The Morgan fingerprint density at radius 3 is 2.57 bits per heavy atom. The fourth-order valence-electron chi connectivity index (χ4n) is 2.70. The Kier molecular flexibility index (Phi) is 4.01. The van der Waals surface area contributed by atoms with Crippen LogP contribution < -0.4 is 10.6 Å². The Balaban J connectivity index is 1.58. The normalized spacial score (nSPS) is 16.1. The smallest absolute Gasteiger partial charge is 0.128 e. The van der Waals surface area contributed by atoms with Crippen molar-refractivity contribution >= 4 is 11.5 Å². The molecule has 3 rings (SSSR count). The van der Waals surface area contributed by atoms with Crippen molar-refractivity contribution < 1.29 is 4.39 Å². The Hall–Kier alpha value is -2.14. The quantitative estimate of drug-likeness (QED) is 0.878. The molecule has 110 valence electrons. The second-order valence-electron chi connectivity index (χ2n) is 5.34. The standard InChI is InChI=1S/C16H19FN4/c17-14-9-13(10-15(18)11-14)12-20-5-7-21(8-6-20)16-3-1-2-4-19-16/h1-4,9-11H,5-8,12,18H2. The van der Waals surface area contributed by atoms with Gasteiger partial charge in [-0.05, 0) is 35.9 Å². The van der Waals surface area contributed by atoms with Crippen molar-refractivity contribution in [3.05, 3.63) is 54.0 Å². The SMILES string of the molecule is Nc1cc(F)cc(CN2CCN(c3ccccn3)CC2)c1. The van der Waals surface area contributed by atoms with Gasteiger partial charge in [0.05, 0.1) is 0 Å². The topological polar surface area (TPSA) is 45.4 Å². The summed E-state index contributed by atoms with van der Waals surface area (Å²) >= 11 is 0. The fourth-order valence-corrected chi connectivity index (χ4v) is 2.70. The van der Waals surface area contributed by atoms with E-state index in [9.17, 15) is 4.39 Å². The van der Waals surface area contributed by atoms with E-state index < -0.39 is 0 Å². The summed E-state index contributed by atoms with van der Waals surface area (Å²) in [5.41, 5.74) is 7.10. The minimum Gasteiger partial charge on any atom is -0.399 e. The molecule has 2 heterocycles. The molecule has 0 aliphatic carbocycles. The first-order valence-electron chi connectivity index (χ1n) is 7.14. The van der Waals surface area contributed by atoms with E-state index in [0.29, 0.717) is 5.69 Å². The maximum Gasteiger partial charge on any atom is 0.128 e. The molecule has 0 bridgehead atoms. The van der Waals surface area contributed by atoms with Crippen LogP contribution in [0, 0.1) is 5.82 Å². The van der Waals surface area contributed by atoms with Gasteiger partial charge in [-0.25, -0.2) is 9.37 Å². The molecule has 1 aliphatic heterocycles. The summed E-state index contributed by atoms with van der Waals surface area (Å²) in [6, 6.07) is 10.7. The summed E-state index contributed by atoms with van der Waals surface area (Å²) in [5, 5.41) is 0. The number of anilines is 2. The van der Waals surface area contributed by atoms with Gasteiger partial charge in [-0.3, -0.25) is 4.90 Å². The number of aromatic nitrogens is 1. The van der Waals surface area contributed by atoms with Gasteiger partial charge in [0.15, 0.2) is 0 Å². The molecule has 0 amide bonds. The van der Waals surface area contributed by atoms with E-state index in [1.165, 1.54) is 6.07 Å². The van der Waals surface area contributed by atoms with Crippen LogP contribution in [0.15, 0.2) is 42.6 Å². The van der Waals surface area contributed by atoms with Crippen molar-refractivity contribution in [1.29, 1.82) is 0 Å². The molecule has 2 N–H and O–H groups in total. The number of pyridine rings is 1. The number of hydrogen-bond donors (Lipinski definition) is 1. The highest BCUT2D eigenvalue weighted by Gasteiger charge is 2.18. The van der Waals surface area contributed by atoms with Crippen molar-refractivity contribution in [3.8, 4) is 0 Å². The summed E-state index contributed by atoms with van der Waals surface area (Å²) < 4.78 is 13.4. The van der Waals surface area contributed by atoms with Crippen LogP contribution in [-0.2, 0) is 6.54 Å². The van der Waals surface area contributed by atoms with Gasteiger partial charge >= 0.3 is 0 Å². The highest BCUT2D eigenvalue weighted by Crippen LogP contribution is 2.16. The minimum atomic E-state index is -0.267. The van der Waals surface area contributed by atoms with Crippen LogP contribution in [0.4, 0.5) is 15.9 Å². The average molecular weight is 286 g/mol. The first-order chi connectivity index (χ1) is 10.2. The lowest BCUT2D eigenvalue weighted by Gasteiger charge is -2.35. The zero-order valence-corrected chi connectivity index (χ0v) is 11.9. The van der Waals surface area contributed by atoms with E-state index >= 15 is 0 Å². The van der Waals surface area contributed by atoms with Crippen LogP contribution in [0.5, 0.6) is 0 Å². The van der Waals surface area contributed by atoms with Crippen LogP contribution in [0.2, 0.25) is 0 Å². The predicted molar refractivity (Wildman–Crippen MR) is 82.5 cm³/mol. The Morgan fingerprint density at radius 1 is 1.10 bits per heavy atom. The number of rotatable bonds is 3. The van der Waals surface area contributed by atoms with Crippen molar-refractivity contribution in [2.75, 3.05) is 36.8 Å². The van der Waals surface area contributed by atoms with E-state index in [-0.39, 0.29) is 5.82 Å². The summed E-state index contributed by atoms with van der Waals surface area (Å²) in [6.45, 7) is 4.47. The van der Waals surface area contributed by atoms with Crippen molar-refractivity contribution in [2.45, 2.75) is 6.54 Å². The zero-order valence-electron chi connectivity index (χ0n) is 11.9. The van der Waals surface area contributed by atoms with Crippen molar-refractivity contribution in [3.63, 3.8) is 0 Å². The van der Waals surface area contributed by atoms with Crippen LogP contribution >= 0.6 is 0 Å². The van der Waals surface area contributed by atoms with Crippen LogP contribution in [-0.4, -0.2) is 36.1 Å². The summed E-state index contributed by atoms with van der Waals surface area (Å²) in [7, 11) is 0. The second kappa shape index (κ2) is 6.10. The van der Waals surface area contributed by atoms with E-state index in [0.717, 1.165) is 44.1 Å². The van der Waals surface area contributed by atoms with Gasteiger partial charge in [0.1, 0.15) is 11.6 Å². The number of hydrogen-bond acceptors (Lipinski definition) is 4. The molecule has 1 saturated heterocycles. The highest BCUT2D eigenvalue weighted by atomic mass is 19.1. The van der Waals surface area contributed by atoms with Gasteiger partial charge in [0.2, 0.25) is 0 Å². The Labute approximate surface area is 124 Å². The van der Waals surface area contributed by atoms with Gasteiger partial charge in [0, 0.05) is 44.6 Å². The highest BCUT2D eigenvalue weighted by molar-refractivity contribution is 5.41. The van der Waals surface area contributed by atoms with Crippen molar-refractivity contribution in [1.82, 2.24) is 9.88 Å². The number of nitrogens with two attached hydrogens (primary N) is 1. The molecule has 1 aromatic carbocycles. The monoisotopic (exact) mass is 286 g/mol. The average Bonchev–Trinajstić information content (AvgIpc) is 2.48. The number of nitrogen functional groups attached to an aromatic ring is 1. The van der Waals surface area contributed by atoms with Crippen LogP contribution in [0.1, 0.15) is 5.56 Å². The van der Waals surface area contributed by atoms with E-state index in [4.69, 9.17) is 5.73 Å². The third kappa shape index (κ3) is 3.49. The largest absolute Gasteiger partial charge is 0.399 e. The second-order valence-corrected chi connectivity index (χ2v) is 5.34. The molecule has 4 nitrogen and oxygen atoms in total. The van der Waals surface area contributed by atoms with E-state index in [2.05, 4.69) is 14.8 Å². The molecule has 2 aromatic rings. The zero-order chi connectivity index (χ0) is 14.7. The van der Waals surface area contributed by atoms with Gasteiger partial charge in [0.25, 0.3) is 0 Å². The molecule has 0 saturated carbocycles. The summed E-state index contributed by atoms with van der Waals surface area (Å²) in [6.07, 6.45) is 1.82. The number of nitrogens with zero attached hydrogens (tertiary/aromatic N) is 3. The lowest BCUT2D eigenvalue weighted by molar-refractivity contribution is 0.249. The molecule has 0 unspecified atom stereocenters. The minimum absolute atomic E-state index is 0.267. The van der Waals surface area contributed by atoms with Gasteiger partial charge in [-0.2, -0.15) is 0 Å². The molecule has 21 heavy (non-hydrogen) atoms. The maximum absolute atomic E-state index is 13.4.